The molecule has 0 bridgehead atoms. The van der Waals surface area contributed by atoms with Gasteiger partial charge in [0.1, 0.15) is 0 Å². The van der Waals surface area contributed by atoms with Gasteiger partial charge in [-0.15, -0.1) is 0 Å². The van der Waals surface area contributed by atoms with Gasteiger partial charge in [0, 0.05) is 73.2 Å². The van der Waals surface area contributed by atoms with Gasteiger partial charge < -0.3 is 30.2 Å². The van der Waals surface area contributed by atoms with E-state index < -0.39 is 0 Å². The number of H-pyrrole nitrogens is 1. The first-order valence-electron chi connectivity index (χ1n) is 15.3. The molecule has 1 aliphatic rings. The number of carbonyl (C=O) groups is 2. The van der Waals surface area contributed by atoms with Crippen molar-refractivity contribution in [1.29, 1.82) is 0 Å². The van der Waals surface area contributed by atoms with Crippen molar-refractivity contribution in [2.45, 2.75) is 53.1 Å². The van der Waals surface area contributed by atoms with Gasteiger partial charge in [0.15, 0.2) is 0 Å². The predicted molar refractivity (Wildman–Crippen MR) is 178 cm³/mol. The lowest BCUT2D eigenvalue weighted by molar-refractivity contribution is -0.111. The molecule has 2 heterocycles. The fourth-order valence-corrected chi connectivity index (χ4v) is 5.72. The maximum atomic E-state index is 13.8. The number of aromatic nitrogens is 1. The van der Waals surface area contributed by atoms with Gasteiger partial charge in [0.2, 0.25) is 5.91 Å². The highest BCUT2D eigenvalue weighted by atomic mass is 16.5. The number of carbonyl (C=O) groups excluding carboxylic acids is 2. The molecule has 1 fully saturated rings. The molecule has 1 aliphatic heterocycles. The highest BCUT2D eigenvalue weighted by molar-refractivity contribution is 6.00. The zero-order chi connectivity index (χ0) is 31.8. The molecule has 2 amide bonds. The summed E-state index contributed by atoms with van der Waals surface area (Å²) in [6, 6.07) is 13.9. The first-order valence-corrected chi connectivity index (χ1v) is 15.3. The predicted octanol–water partition coefficient (Wildman–Crippen LogP) is 4.96. The minimum atomic E-state index is -0.247. The van der Waals surface area contributed by atoms with E-state index in [0.717, 1.165) is 53.0 Å². The van der Waals surface area contributed by atoms with E-state index in [9.17, 15) is 14.4 Å². The number of aromatic amines is 1. The second-order valence-corrected chi connectivity index (χ2v) is 11.7. The highest BCUT2D eigenvalue weighted by Gasteiger charge is 2.25. The Kier molecular flexibility index (Phi) is 11.1. The Hall–Kier alpha value is -4.21. The third-order valence-electron chi connectivity index (χ3n) is 8.03. The molecule has 0 spiro atoms. The van der Waals surface area contributed by atoms with Gasteiger partial charge >= 0.3 is 0 Å². The molecule has 234 valence electrons. The van der Waals surface area contributed by atoms with Crippen LogP contribution in [0.1, 0.15) is 52.5 Å². The van der Waals surface area contributed by atoms with Gasteiger partial charge in [-0.25, -0.2) is 0 Å². The second-order valence-electron chi connectivity index (χ2n) is 11.7. The highest BCUT2D eigenvalue weighted by Crippen LogP contribution is 2.34. The van der Waals surface area contributed by atoms with Crippen molar-refractivity contribution in [3.8, 4) is 11.1 Å². The minimum Gasteiger partial charge on any atom is -0.381 e. The standard InChI is InChI=1S/C35H45N5O4/c1-7-40(29-13-16-44-17-14-29)32-21-27(26-10-8-11-28(19-26)38-33(41)12-9-15-39(5)6)20-30(25(32)4)34(42)36-22-31-23(2)18-24(3)37-35(31)43/h8-12,18-21,29H,7,13-17,22H2,1-6H3,(H,36,42)(H,37,43)(H,38,41). The normalized spacial score (nSPS) is 13.8. The molecule has 44 heavy (non-hydrogen) atoms. The third kappa shape index (κ3) is 8.24. The molecule has 9 heteroatoms. The Morgan fingerprint density at radius 2 is 1.80 bits per heavy atom. The number of rotatable bonds is 11. The first kappa shape index (κ1) is 32.7. The number of hydrogen-bond donors (Lipinski definition) is 3. The summed E-state index contributed by atoms with van der Waals surface area (Å²) in [6.45, 7) is 10.8. The summed E-state index contributed by atoms with van der Waals surface area (Å²) >= 11 is 0. The van der Waals surface area contributed by atoms with Crippen LogP contribution in [0, 0.1) is 20.8 Å². The summed E-state index contributed by atoms with van der Waals surface area (Å²) in [5.74, 6) is -0.449. The maximum absolute atomic E-state index is 13.8. The topological polar surface area (TPSA) is 107 Å². The summed E-state index contributed by atoms with van der Waals surface area (Å²) in [6.07, 6.45) is 5.18. The van der Waals surface area contributed by atoms with Gasteiger partial charge in [0.05, 0.1) is 0 Å². The molecule has 0 atom stereocenters. The number of nitrogens with one attached hydrogen (secondary N) is 3. The molecule has 0 saturated carbocycles. The van der Waals surface area contributed by atoms with Crippen LogP contribution in [0.15, 0.2) is 59.4 Å². The van der Waals surface area contributed by atoms with Crippen LogP contribution in [-0.2, 0) is 16.1 Å². The van der Waals surface area contributed by atoms with Crippen molar-refractivity contribution < 1.29 is 14.3 Å². The largest absolute Gasteiger partial charge is 0.381 e. The van der Waals surface area contributed by atoms with Crippen LogP contribution < -0.4 is 21.1 Å². The van der Waals surface area contributed by atoms with Crippen molar-refractivity contribution >= 4 is 23.2 Å². The van der Waals surface area contributed by atoms with Crippen molar-refractivity contribution in [2.75, 3.05) is 50.6 Å². The van der Waals surface area contributed by atoms with E-state index in [1.165, 1.54) is 6.08 Å². The molecule has 0 aliphatic carbocycles. The Morgan fingerprint density at radius 1 is 1.05 bits per heavy atom. The molecule has 9 nitrogen and oxygen atoms in total. The van der Waals surface area contributed by atoms with Crippen molar-refractivity contribution in [3.05, 3.63) is 92.9 Å². The first-order chi connectivity index (χ1) is 21.1. The number of pyridine rings is 1. The van der Waals surface area contributed by atoms with Crippen LogP contribution in [-0.4, -0.2) is 68.1 Å². The summed E-state index contributed by atoms with van der Waals surface area (Å²) in [5, 5.41) is 5.95. The smallest absolute Gasteiger partial charge is 0.253 e. The number of nitrogens with zero attached hydrogens (tertiary/aromatic N) is 2. The van der Waals surface area contributed by atoms with Gasteiger partial charge in [-0.2, -0.15) is 0 Å². The molecule has 3 N–H and O–H groups in total. The van der Waals surface area contributed by atoms with Gasteiger partial charge in [-0.05, 0) is 107 Å². The fourth-order valence-electron chi connectivity index (χ4n) is 5.72. The number of amides is 2. The molecule has 1 saturated heterocycles. The van der Waals surface area contributed by atoms with Crippen LogP contribution in [0.5, 0.6) is 0 Å². The quantitative estimate of drug-likeness (QED) is 0.269. The maximum Gasteiger partial charge on any atom is 0.253 e. The Balaban J connectivity index is 1.70. The number of anilines is 2. The molecule has 2 aromatic carbocycles. The van der Waals surface area contributed by atoms with E-state index in [0.29, 0.717) is 42.6 Å². The van der Waals surface area contributed by atoms with Crippen molar-refractivity contribution in [1.82, 2.24) is 15.2 Å². The van der Waals surface area contributed by atoms with Crippen LogP contribution in [0.4, 0.5) is 11.4 Å². The molecule has 0 radical (unpaired) electrons. The Labute approximate surface area is 260 Å². The Morgan fingerprint density at radius 3 is 2.48 bits per heavy atom. The zero-order valence-corrected chi connectivity index (χ0v) is 26.8. The lowest BCUT2D eigenvalue weighted by Gasteiger charge is -2.37. The lowest BCUT2D eigenvalue weighted by Crippen LogP contribution is -2.40. The molecule has 1 aromatic heterocycles. The molecule has 3 aromatic rings. The summed E-state index contributed by atoms with van der Waals surface area (Å²) in [7, 11) is 3.89. The van der Waals surface area contributed by atoms with Crippen LogP contribution in [0.25, 0.3) is 11.1 Å². The van der Waals surface area contributed by atoms with Gasteiger partial charge in [-0.3, -0.25) is 14.4 Å². The number of likely N-dealkylation sites (N-methyl/N-ethyl adjacent to an activating group) is 1. The molecular formula is C35H45N5O4. The van der Waals surface area contributed by atoms with Crippen LogP contribution >= 0.6 is 0 Å². The molecule has 0 unspecified atom stereocenters. The average molecular weight is 600 g/mol. The zero-order valence-electron chi connectivity index (χ0n) is 26.8. The SMILES string of the molecule is CCN(c1cc(-c2cccc(NC(=O)C=CCN(C)C)c2)cc(C(=O)NCc2c(C)cc(C)[nH]c2=O)c1C)C1CCOCC1. The fraction of sp³-hybridized carbons (Fsp3) is 0.400. The van der Waals surface area contributed by atoms with Crippen molar-refractivity contribution in [3.63, 3.8) is 0 Å². The van der Waals surface area contributed by atoms with E-state index in [1.54, 1.807) is 0 Å². The van der Waals surface area contributed by atoms with Gasteiger partial charge in [0.25, 0.3) is 11.5 Å². The summed E-state index contributed by atoms with van der Waals surface area (Å²) in [5.41, 5.74) is 6.80. The number of ether oxygens (including phenoxy) is 1. The number of benzene rings is 2. The van der Waals surface area contributed by atoms with E-state index in [4.69, 9.17) is 4.74 Å². The summed E-state index contributed by atoms with van der Waals surface area (Å²) < 4.78 is 5.64. The number of hydrogen-bond acceptors (Lipinski definition) is 6. The van der Waals surface area contributed by atoms with E-state index in [-0.39, 0.29) is 23.9 Å². The average Bonchev–Trinajstić information content (AvgIpc) is 2.98. The summed E-state index contributed by atoms with van der Waals surface area (Å²) in [4.78, 5) is 46.1. The number of aryl methyl sites for hydroxylation is 2. The molecule has 4 rings (SSSR count). The van der Waals surface area contributed by atoms with Crippen LogP contribution in [0.2, 0.25) is 0 Å². The monoisotopic (exact) mass is 599 g/mol. The van der Waals surface area contributed by atoms with E-state index >= 15 is 0 Å². The van der Waals surface area contributed by atoms with E-state index in [1.807, 2.05) is 82.2 Å². The minimum absolute atomic E-state index is 0.125. The lowest BCUT2D eigenvalue weighted by atomic mass is 9.95. The molecular weight excluding hydrogens is 554 g/mol. The van der Waals surface area contributed by atoms with Crippen molar-refractivity contribution in [2.24, 2.45) is 0 Å². The van der Waals surface area contributed by atoms with Gasteiger partial charge in [-0.1, -0.05) is 18.2 Å². The van der Waals surface area contributed by atoms with Crippen LogP contribution in [0.3, 0.4) is 0 Å². The Bertz CT molecular complexity index is 1570. The second kappa shape index (κ2) is 15.0. The third-order valence-corrected chi connectivity index (χ3v) is 8.03. The van der Waals surface area contributed by atoms with E-state index in [2.05, 4.69) is 33.5 Å².